The van der Waals surface area contributed by atoms with Crippen LogP contribution in [0.5, 0.6) is 0 Å². The summed E-state index contributed by atoms with van der Waals surface area (Å²) in [5.41, 5.74) is 0.562. The van der Waals surface area contributed by atoms with Gasteiger partial charge in [0.05, 0.1) is 5.92 Å². The molecular formula is C28H40F3NO. The molecule has 8 atom stereocenters. The van der Waals surface area contributed by atoms with Gasteiger partial charge in [-0.05, 0) is 117 Å². The summed E-state index contributed by atoms with van der Waals surface area (Å²) in [5, 5.41) is 0. The lowest BCUT2D eigenvalue weighted by Gasteiger charge is -2.61. The van der Waals surface area contributed by atoms with E-state index in [0.717, 1.165) is 38.1 Å². The highest BCUT2D eigenvalue weighted by Gasteiger charge is 2.61. The Bertz CT molecular complexity index is 909. The minimum atomic E-state index is -4.02. The van der Waals surface area contributed by atoms with Gasteiger partial charge in [-0.3, -0.25) is 4.79 Å². The number of alkyl halides is 3. The van der Waals surface area contributed by atoms with Crippen molar-refractivity contribution in [2.24, 2.45) is 46.3 Å². The van der Waals surface area contributed by atoms with Crippen LogP contribution < -0.4 is 5.56 Å². The lowest BCUT2D eigenvalue weighted by molar-refractivity contribution is -0.208. The van der Waals surface area contributed by atoms with Crippen LogP contribution in [0, 0.1) is 46.3 Å². The Hall–Kier alpha value is -1.26. The highest BCUT2D eigenvalue weighted by molar-refractivity contribution is 5.09. The fourth-order valence-electron chi connectivity index (χ4n) is 9.29. The Morgan fingerprint density at radius 1 is 0.970 bits per heavy atom. The predicted octanol–water partition coefficient (Wildman–Crippen LogP) is 7.47. The molecule has 1 heterocycles. The smallest absolute Gasteiger partial charge is 0.316 e. The second kappa shape index (κ2) is 8.45. The average Bonchev–Trinajstić information content (AvgIpc) is 3.10. The van der Waals surface area contributed by atoms with Gasteiger partial charge in [-0.15, -0.1) is 0 Å². The molecule has 4 saturated carbocycles. The number of rotatable bonds is 4. The van der Waals surface area contributed by atoms with Crippen LogP contribution in [0.15, 0.2) is 29.2 Å². The van der Waals surface area contributed by atoms with Gasteiger partial charge in [-0.1, -0.05) is 19.9 Å². The predicted molar refractivity (Wildman–Crippen MR) is 125 cm³/mol. The fraction of sp³-hybridized carbons (Fsp3) is 0.821. The maximum absolute atomic E-state index is 13.4. The van der Waals surface area contributed by atoms with Crippen molar-refractivity contribution in [3.05, 3.63) is 34.7 Å². The van der Waals surface area contributed by atoms with Crippen molar-refractivity contribution >= 4 is 0 Å². The zero-order valence-corrected chi connectivity index (χ0v) is 20.2. The summed E-state index contributed by atoms with van der Waals surface area (Å²) in [7, 11) is 0. The molecular weight excluding hydrogens is 423 g/mol. The number of hydrogen-bond acceptors (Lipinski definition) is 1. The van der Waals surface area contributed by atoms with Crippen LogP contribution in [0.4, 0.5) is 13.2 Å². The Morgan fingerprint density at radius 3 is 2.48 bits per heavy atom. The van der Waals surface area contributed by atoms with Crippen molar-refractivity contribution in [1.29, 1.82) is 0 Å². The van der Waals surface area contributed by atoms with Gasteiger partial charge < -0.3 is 4.57 Å². The summed E-state index contributed by atoms with van der Waals surface area (Å²) in [6.07, 6.45) is 8.71. The SMILES string of the molecule is CC12CCC3C(CCC4CC(C(F)(F)F)CCC43C)C1CCC2CCCn1ccccc1=O. The first kappa shape index (κ1) is 23.5. The van der Waals surface area contributed by atoms with Gasteiger partial charge in [0.1, 0.15) is 0 Å². The first-order valence-corrected chi connectivity index (χ1v) is 13.3. The largest absolute Gasteiger partial charge is 0.391 e. The minimum absolute atomic E-state index is 0.0822. The van der Waals surface area contributed by atoms with E-state index in [1.807, 2.05) is 16.8 Å². The standard InChI is InChI=1S/C28H40F3NO/c1-26-15-13-24-22(10-8-20-18-21(28(29,30)31)12-14-27(20,24)2)23(26)11-9-19(26)6-5-17-32-16-4-3-7-25(32)33/h3-4,7,16,19-24H,5-6,8-15,17-18H2,1-2H3. The molecule has 4 aliphatic rings. The minimum Gasteiger partial charge on any atom is -0.316 e. The van der Waals surface area contributed by atoms with E-state index in [0.29, 0.717) is 36.0 Å². The molecule has 1 aromatic heterocycles. The zero-order valence-electron chi connectivity index (χ0n) is 20.2. The topological polar surface area (TPSA) is 22.0 Å². The van der Waals surface area contributed by atoms with Gasteiger partial charge in [0.15, 0.2) is 0 Å². The van der Waals surface area contributed by atoms with Crippen molar-refractivity contribution in [3.63, 3.8) is 0 Å². The van der Waals surface area contributed by atoms with E-state index >= 15 is 0 Å². The molecule has 0 bridgehead atoms. The van der Waals surface area contributed by atoms with Gasteiger partial charge in [0.2, 0.25) is 5.56 Å². The average molecular weight is 464 g/mol. The van der Waals surface area contributed by atoms with E-state index < -0.39 is 12.1 Å². The molecule has 0 aliphatic heterocycles. The molecule has 4 aliphatic carbocycles. The molecule has 5 heteroatoms. The van der Waals surface area contributed by atoms with Crippen LogP contribution in [0.3, 0.4) is 0 Å². The number of halogens is 3. The molecule has 2 nitrogen and oxygen atoms in total. The van der Waals surface area contributed by atoms with Gasteiger partial charge in [-0.25, -0.2) is 0 Å². The number of pyridine rings is 1. The van der Waals surface area contributed by atoms with Crippen molar-refractivity contribution in [2.45, 2.75) is 97.2 Å². The summed E-state index contributed by atoms with van der Waals surface area (Å²) in [5.74, 6) is 1.95. The van der Waals surface area contributed by atoms with Crippen LogP contribution in [0.2, 0.25) is 0 Å². The summed E-state index contributed by atoms with van der Waals surface area (Å²) in [4.78, 5) is 12.0. The van der Waals surface area contributed by atoms with E-state index in [2.05, 4.69) is 13.8 Å². The molecule has 5 rings (SSSR count). The monoisotopic (exact) mass is 463 g/mol. The number of hydrogen-bond donors (Lipinski definition) is 0. The maximum Gasteiger partial charge on any atom is 0.391 e. The number of nitrogens with zero attached hydrogens (tertiary/aromatic N) is 1. The summed E-state index contributed by atoms with van der Waals surface area (Å²) in [6.45, 7) is 5.67. The van der Waals surface area contributed by atoms with Gasteiger partial charge in [0.25, 0.3) is 0 Å². The Balaban J connectivity index is 1.25. The first-order valence-electron chi connectivity index (χ1n) is 13.3. The molecule has 1 aromatic rings. The molecule has 0 amide bonds. The van der Waals surface area contributed by atoms with Crippen molar-refractivity contribution in [1.82, 2.24) is 4.57 Å². The van der Waals surface area contributed by atoms with E-state index in [-0.39, 0.29) is 16.9 Å². The van der Waals surface area contributed by atoms with Crippen LogP contribution in [-0.4, -0.2) is 10.7 Å². The van der Waals surface area contributed by atoms with Crippen LogP contribution >= 0.6 is 0 Å². The van der Waals surface area contributed by atoms with Crippen LogP contribution in [0.25, 0.3) is 0 Å². The molecule has 0 saturated heterocycles. The van der Waals surface area contributed by atoms with Crippen molar-refractivity contribution in [2.75, 3.05) is 0 Å². The zero-order chi connectivity index (χ0) is 23.4. The van der Waals surface area contributed by atoms with Crippen LogP contribution in [0.1, 0.15) is 84.5 Å². The van der Waals surface area contributed by atoms with Crippen molar-refractivity contribution < 1.29 is 13.2 Å². The lowest BCUT2D eigenvalue weighted by Crippen LogP contribution is -2.54. The number of aryl methyl sites for hydroxylation is 1. The fourth-order valence-corrected chi connectivity index (χ4v) is 9.29. The van der Waals surface area contributed by atoms with E-state index in [1.54, 1.807) is 12.1 Å². The Labute approximate surface area is 196 Å². The molecule has 0 aromatic carbocycles. The molecule has 0 radical (unpaired) electrons. The molecule has 33 heavy (non-hydrogen) atoms. The van der Waals surface area contributed by atoms with Gasteiger partial charge in [0, 0.05) is 18.8 Å². The Morgan fingerprint density at radius 2 is 1.73 bits per heavy atom. The summed E-state index contributed by atoms with van der Waals surface area (Å²) in [6, 6.07) is 5.35. The van der Waals surface area contributed by atoms with Gasteiger partial charge >= 0.3 is 6.18 Å². The third kappa shape index (κ3) is 3.99. The highest BCUT2D eigenvalue weighted by Crippen LogP contribution is 2.68. The van der Waals surface area contributed by atoms with Crippen molar-refractivity contribution in [3.8, 4) is 0 Å². The summed E-state index contributed by atoms with van der Waals surface area (Å²) >= 11 is 0. The third-order valence-corrected chi connectivity index (χ3v) is 11.2. The molecule has 4 fully saturated rings. The van der Waals surface area contributed by atoms with E-state index in [9.17, 15) is 18.0 Å². The quantitative estimate of drug-likeness (QED) is 0.454. The summed E-state index contributed by atoms with van der Waals surface area (Å²) < 4.78 is 42.1. The molecule has 184 valence electrons. The lowest BCUT2D eigenvalue weighted by atomic mass is 9.44. The third-order valence-electron chi connectivity index (χ3n) is 11.2. The second-order valence-corrected chi connectivity index (χ2v) is 12.4. The van der Waals surface area contributed by atoms with E-state index in [4.69, 9.17) is 0 Å². The normalized spacial score (nSPS) is 42.9. The van der Waals surface area contributed by atoms with Gasteiger partial charge in [-0.2, -0.15) is 13.2 Å². The Kier molecular flexibility index (Phi) is 6.01. The van der Waals surface area contributed by atoms with Crippen LogP contribution in [-0.2, 0) is 6.54 Å². The maximum atomic E-state index is 13.4. The number of aromatic nitrogens is 1. The first-order chi connectivity index (χ1) is 15.6. The molecule has 0 spiro atoms. The second-order valence-electron chi connectivity index (χ2n) is 12.4. The molecule has 8 unspecified atom stereocenters. The molecule has 0 N–H and O–H groups in total. The number of fused-ring (bicyclic) bond motifs is 5. The highest BCUT2D eigenvalue weighted by atomic mass is 19.4. The van der Waals surface area contributed by atoms with E-state index in [1.165, 1.54) is 32.1 Å².